The Morgan fingerprint density at radius 1 is 1.19 bits per heavy atom. The van der Waals surface area contributed by atoms with Crippen molar-refractivity contribution in [2.45, 2.75) is 6.04 Å². The number of rotatable bonds is 8. The lowest BCUT2D eigenvalue weighted by atomic mass is 10.1. The van der Waals surface area contributed by atoms with Crippen LogP contribution in [0, 0.1) is 0 Å². The molecule has 1 amide bonds. The van der Waals surface area contributed by atoms with Crippen molar-refractivity contribution in [3.8, 4) is 10.4 Å². The lowest BCUT2D eigenvalue weighted by Gasteiger charge is -2.33. The van der Waals surface area contributed by atoms with E-state index >= 15 is 0 Å². The Labute approximate surface area is 214 Å². The molecule has 0 saturated carbocycles. The van der Waals surface area contributed by atoms with E-state index in [9.17, 15) is 9.90 Å². The van der Waals surface area contributed by atoms with Gasteiger partial charge in [-0.3, -0.25) is 9.69 Å². The highest BCUT2D eigenvalue weighted by Gasteiger charge is 2.24. The average molecular weight is 510 g/mol. The highest BCUT2D eigenvalue weighted by Crippen LogP contribution is 2.37. The van der Waals surface area contributed by atoms with Gasteiger partial charge in [0.25, 0.3) is 5.91 Å². The predicted molar refractivity (Wildman–Crippen MR) is 141 cm³/mol. The number of anilines is 3. The first-order chi connectivity index (χ1) is 17.6. The van der Waals surface area contributed by atoms with Crippen LogP contribution in [0.1, 0.15) is 22.1 Å². The van der Waals surface area contributed by atoms with Crippen LogP contribution in [-0.2, 0) is 4.74 Å². The maximum atomic E-state index is 12.2. The zero-order valence-corrected chi connectivity index (χ0v) is 20.8. The SMILES string of the molecule is NC(=O)c1cc(-c2ccc(N3CCNCC3)nc2)sc1Nc1cccc(C(CO)N2CCOCC2)n1. The number of pyridine rings is 2. The van der Waals surface area contributed by atoms with Gasteiger partial charge >= 0.3 is 0 Å². The second kappa shape index (κ2) is 11.3. The van der Waals surface area contributed by atoms with Crippen LogP contribution in [0.15, 0.2) is 42.6 Å². The van der Waals surface area contributed by atoms with Crippen LogP contribution in [-0.4, -0.2) is 85.0 Å². The van der Waals surface area contributed by atoms with Crippen molar-refractivity contribution in [3.05, 3.63) is 53.9 Å². The smallest absolute Gasteiger partial charge is 0.251 e. The first-order valence-corrected chi connectivity index (χ1v) is 13.0. The molecular weight excluding hydrogens is 478 g/mol. The Kier molecular flexibility index (Phi) is 7.73. The summed E-state index contributed by atoms with van der Waals surface area (Å²) in [4.78, 5) is 26.9. The molecule has 0 aliphatic carbocycles. The Hall–Kier alpha value is -3.09. The number of aliphatic hydroxyl groups excluding tert-OH is 1. The third kappa shape index (κ3) is 5.50. The monoisotopic (exact) mass is 509 g/mol. The quantitative estimate of drug-likeness (QED) is 0.359. The van der Waals surface area contributed by atoms with Crippen molar-refractivity contribution in [2.75, 3.05) is 69.3 Å². The van der Waals surface area contributed by atoms with E-state index in [1.165, 1.54) is 11.3 Å². The molecule has 11 heteroatoms. The summed E-state index contributed by atoms with van der Waals surface area (Å²) in [5.74, 6) is 1.02. The van der Waals surface area contributed by atoms with E-state index in [0.717, 1.165) is 61.2 Å². The fraction of sp³-hybridized carbons (Fsp3) is 0.400. The fourth-order valence-electron chi connectivity index (χ4n) is 4.53. The van der Waals surface area contributed by atoms with Crippen LogP contribution in [0.4, 0.5) is 16.6 Å². The van der Waals surface area contributed by atoms with E-state index in [0.29, 0.717) is 29.6 Å². The van der Waals surface area contributed by atoms with Crippen LogP contribution in [0.25, 0.3) is 10.4 Å². The highest BCUT2D eigenvalue weighted by molar-refractivity contribution is 7.19. The molecule has 36 heavy (non-hydrogen) atoms. The number of amides is 1. The summed E-state index contributed by atoms with van der Waals surface area (Å²) in [6.07, 6.45) is 1.84. The number of carbonyl (C=O) groups is 1. The minimum Gasteiger partial charge on any atom is -0.394 e. The van der Waals surface area contributed by atoms with Crippen molar-refractivity contribution in [3.63, 3.8) is 0 Å². The van der Waals surface area contributed by atoms with Gasteiger partial charge in [0.2, 0.25) is 0 Å². The van der Waals surface area contributed by atoms with Gasteiger partial charge in [-0.25, -0.2) is 9.97 Å². The number of ether oxygens (including phenoxy) is 1. The number of aromatic nitrogens is 2. The number of morpholine rings is 1. The summed E-state index contributed by atoms with van der Waals surface area (Å²) in [7, 11) is 0. The highest BCUT2D eigenvalue weighted by atomic mass is 32.1. The van der Waals surface area contributed by atoms with Crippen molar-refractivity contribution < 1.29 is 14.6 Å². The Balaban J connectivity index is 1.36. The molecule has 2 fully saturated rings. The van der Waals surface area contributed by atoms with Gasteiger partial charge < -0.3 is 31.1 Å². The van der Waals surface area contributed by atoms with Gasteiger partial charge in [0.1, 0.15) is 16.6 Å². The van der Waals surface area contributed by atoms with Crippen LogP contribution in [0.3, 0.4) is 0 Å². The summed E-state index contributed by atoms with van der Waals surface area (Å²) in [6.45, 7) is 6.48. The molecule has 0 spiro atoms. The van der Waals surface area contributed by atoms with Gasteiger partial charge in [-0.1, -0.05) is 6.07 Å². The molecule has 0 aromatic carbocycles. The molecule has 10 nitrogen and oxygen atoms in total. The molecular formula is C25H31N7O3S. The molecule has 3 aromatic heterocycles. The van der Waals surface area contributed by atoms with Gasteiger partial charge in [0.15, 0.2) is 0 Å². The fourth-order valence-corrected chi connectivity index (χ4v) is 5.59. The summed E-state index contributed by atoms with van der Waals surface area (Å²) < 4.78 is 5.44. The molecule has 0 radical (unpaired) electrons. The van der Waals surface area contributed by atoms with Gasteiger partial charge in [-0.05, 0) is 30.3 Å². The topological polar surface area (TPSA) is 129 Å². The Morgan fingerprint density at radius 3 is 2.69 bits per heavy atom. The van der Waals surface area contributed by atoms with Crippen molar-refractivity contribution in [1.29, 1.82) is 0 Å². The molecule has 0 bridgehead atoms. The minimum atomic E-state index is -0.511. The number of hydrogen-bond acceptors (Lipinski definition) is 10. The lowest BCUT2D eigenvalue weighted by Crippen LogP contribution is -2.43. The number of nitrogens with zero attached hydrogens (tertiary/aromatic N) is 4. The molecule has 190 valence electrons. The van der Waals surface area contributed by atoms with Crippen molar-refractivity contribution in [2.24, 2.45) is 5.73 Å². The number of nitrogens with two attached hydrogens (primary N) is 1. The number of hydrogen-bond donors (Lipinski definition) is 4. The normalized spacial score (nSPS) is 17.6. The molecule has 2 saturated heterocycles. The minimum absolute atomic E-state index is 0.0386. The van der Waals surface area contributed by atoms with E-state index in [1.54, 1.807) is 6.07 Å². The van der Waals surface area contributed by atoms with Crippen LogP contribution in [0.5, 0.6) is 0 Å². The van der Waals surface area contributed by atoms with Gasteiger partial charge in [0, 0.05) is 55.9 Å². The Bertz CT molecular complexity index is 1170. The summed E-state index contributed by atoms with van der Waals surface area (Å²) in [6, 6.07) is 11.3. The van der Waals surface area contributed by atoms with E-state index in [1.807, 2.05) is 36.5 Å². The second-order valence-corrected chi connectivity index (χ2v) is 9.83. The maximum Gasteiger partial charge on any atom is 0.251 e. The summed E-state index contributed by atoms with van der Waals surface area (Å²) in [5.41, 5.74) is 7.79. The number of aliphatic hydroxyl groups is 1. The summed E-state index contributed by atoms with van der Waals surface area (Å²) in [5, 5.41) is 17.3. The molecule has 3 aromatic rings. The number of thiophene rings is 1. The molecule has 1 atom stereocenters. The number of nitrogens with one attached hydrogen (secondary N) is 2. The Morgan fingerprint density at radius 2 is 2.00 bits per heavy atom. The van der Waals surface area contributed by atoms with Crippen molar-refractivity contribution >= 4 is 33.9 Å². The number of carbonyl (C=O) groups excluding carboxylic acids is 1. The standard InChI is InChI=1S/C25H31N7O3S/c26-24(34)18-14-21(17-4-5-23(28-15-17)32-8-6-27-7-9-32)36-25(18)30-22-3-1-2-19(29-22)20(16-33)31-10-12-35-13-11-31/h1-5,14-15,20,27,33H,6-13,16H2,(H2,26,34)(H,29,30). The zero-order valence-electron chi connectivity index (χ0n) is 20.0. The van der Waals surface area contributed by atoms with Crippen LogP contribution < -0.4 is 21.3 Å². The van der Waals surface area contributed by atoms with E-state index in [4.69, 9.17) is 15.5 Å². The second-order valence-electron chi connectivity index (χ2n) is 8.78. The van der Waals surface area contributed by atoms with Crippen LogP contribution >= 0.6 is 11.3 Å². The molecule has 5 N–H and O–H groups in total. The number of piperazine rings is 1. The third-order valence-corrected chi connectivity index (χ3v) is 7.58. The molecule has 5 heterocycles. The van der Waals surface area contributed by atoms with Crippen LogP contribution in [0.2, 0.25) is 0 Å². The number of primary amides is 1. The molecule has 1 unspecified atom stereocenters. The lowest BCUT2D eigenvalue weighted by molar-refractivity contribution is 0.00158. The van der Waals surface area contributed by atoms with Gasteiger partial charge in [0.05, 0.1) is 37.1 Å². The van der Waals surface area contributed by atoms with Gasteiger partial charge in [-0.15, -0.1) is 11.3 Å². The van der Waals surface area contributed by atoms with E-state index < -0.39 is 5.91 Å². The summed E-state index contributed by atoms with van der Waals surface area (Å²) >= 11 is 1.43. The van der Waals surface area contributed by atoms with E-state index in [2.05, 4.69) is 25.4 Å². The molecule has 2 aliphatic heterocycles. The first-order valence-electron chi connectivity index (χ1n) is 12.1. The van der Waals surface area contributed by atoms with E-state index in [-0.39, 0.29) is 12.6 Å². The maximum absolute atomic E-state index is 12.2. The molecule has 5 rings (SSSR count). The van der Waals surface area contributed by atoms with Gasteiger partial charge in [-0.2, -0.15) is 0 Å². The predicted octanol–water partition coefficient (Wildman–Crippen LogP) is 1.82. The zero-order chi connectivity index (χ0) is 24.9. The molecule has 2 aliphatic rings. The largest absolute Gasteiger partial charge is 0.394 e. The van der Waals surface area contributed by atoms with Crippen molar-refractivity contribution in [1.82, 2.24) is 20.2 Å². The average Bonchev–Trinajstić information content (AvgIpc) is 3.35. The third-order valence-electron chi connectivity index (χ3n) is 6.48. The first kappa shape index (κ1) is 24.6.